The van der Waals surface area contributed by atoms with Gasteiger partial charge in [0, 0.05) is 12.6 Å². The highest BCUT2D eigenvalue weighted by Gasteiger charge is 2.20. The molecular weight excluding hydrogens is 178 g/mol. The molecule has 14 heavy (non-hydrogen) atoms. The first-order valence-corrected chi connectivity index (χ1v) is 5.05. The standard InChI is InChI=1S/C10H15N3O/c1-2-14-10-7-12-9(6-13-10)5-11-8-3-4-8/h6-8,11H,2-5H2,1H3. The molecule has 0 spiro atoms. The van der Waals surface area contributed by atoms with Gasteiger partial charge in [0.2, 0.25) is 5.88 Å². The summed E-state index contributed by atoms with van der Waals surface area (Å²) in [7, 11) is 0. The Kier molecular flexibility index (Phi) is 2.93. The Morgan fingerprint density at radius 1 is 1.43 bits per heavy atom. The molecule has 76 valence electrons. The van der Waals surface area contributed by atoms with E-state index in [9.17, 15) is 0 Å². The van der Waals surface area contributed by atoms with Crippen molar-refractivity contribution in [1.29, 1.82) is 0 Å². The molecule has 0 bridgehead atoms. The molecule has 1 saturated carbocycles. The SMILES string of the molecule is CCOc1cnc(CNC2CC2)cn1. The maximum atomic E-state index is 5.20. The zero-order valence-corrected chi connectivity index (χ0v) is 8.36. The molecule has 0 unspecified atom stereocenters. The molecule has 0 radical (unpaired) electrons. The molecular formula is C10H15N3O. The normalized spacial score (nSPS) is 15.5. The lowest BCUT2D eigenvalue weighted by Crippen LogP contribution is -2.16. The smallest absolute Gasteiger partial charge is 0.232 e. The number of nitrogens with one attached hydrogen (secondary N) is 1. The minimum absolute atomic E-state index is 0.600. The van der Waals surface area contributed by atoms with Crippen LogP contribution in [0, 0.1) is 0 Å². The largest absolute Gasteiger partial charge is 0.477 e. The van der Waals surface area contributed by atoms with Crippen molar-refractivity contribution in [3.63, 3.8) is 0 Å². The quantitative estimate of drug-likeness (QED) is 0.761. The van der Waals surface area contributed by atoms with Crippen LogP contribution in [0.4, 0.5) is 0 Å². The molecule has 0 saturated heterocycles. The van der Waals surface area contributed by atoms with Crippen molar-refractivity contribution in [3.05, 3.63) is 18.1 Å². The number of hydrogen-bond donors (Lipinski definition) is 1. The van der Waals surface area contributed by atoms with Crippen molar-refractivity contribution < 1.29 is 4.74 Å². The average molecular weight is 193 g/mol. The number of nitrogens with zero attached hydrogens (tertiary/aromatic N) is 2. The van der Waals surface area contributed by atoms with Crippen LogP contribution in [-0.2, 0) is 6.54 Å². The predicted octanol–water partition coefficient (Wildman–Crippen LogP) is 1.13. The third-order valence-electron chi connectivity index (χ3n) is 2.12. The summed E-state index contributed by atoms with van der Waals surface area (Å²) in [5.74, 6) is 0.600. The van der Waals surface area contributed by atoms with Crippen LogP contribution in [0.2, 0.25) is 0 Å². The minimum atomic E-state index is 0.600. The van der Waals surface area contributed by atoms with Crippen LogP contribution in [0.5, 0.6) is 5.88 Å². The molecule has 1 aliphatic rings. The number of aromatic nitrogens is 2. The van der Waals surface area contributed by atoms with Crippen LogP contribution in [0.1, 0.15) is 25.5 Å². The van der Waals surface area contributed by atoms with E-state index in [4.69, 9.17) is 4.74 Å². The molecule has 2 rings (SSSR count). The lowest BCUT2D eigenvalue weighted by atomic mass is 10.4. The van der Waals surface area contributed by atoms with E-state index in [-0.39, 0.29) is 0 Å². The van der Waals surface area contributed by atoms with Gasteiger partial charge < -0.3 is 10.1 Å². The summed E-state index contributed by atoms with van der Waals surface area (Å²) in [6.45, 7) is 3.38. The van der Waals surface area contributed by atoms with Gasteiger partial charge in [-0.2, -0.15) is 0 Å². The molecule has 4 heteroatoms. The summed E-state index contributed by atoms with van der Waals surface area (Å²) in [5.41, 5.74) is 0.973. The van der Waals surface area contributed by atoms with Gasteiger partial charge in [-0.15, -0.1) is 0 Å². The van der Waals surface area contributed by atoms with Crippen molar-refractivity contribution in [2.45, 2.75) is 32.4 Å². The van der Waals surface area contributed by atoms with E-state index in [2.05, 4.69) is 15.3 Å². The van der Waals surface area contributed by atoms with Crippen LogP contribution in [0.3, 0.4) is 0 Å². The summed E-state index contributed by atoms with van der Waals surface area (Å²) in [6, 6.07) is 0.711. The topological polar surface area (TPSA) is 47.0 Å². The molecule has 0 amide bonds. The van der Waals surface area contributed by atoms with Gasteiger partial charge in [-0.25, -0.2) is 4.98 Å². The molecule has 1 heterocycles. The Morgan fingerprint density at radius 2 is 2.29 bits per heavy atom. The van der Waals surface area contributed by atoms with Crippen LogP contribution in [-0.4, -0.2) is 22.6 Å². The predicted molar refractivity (Wildman–Crippen MR) is 53.1 cm³/mol. The highest BCUT2D eigenvalue weighted by atomic mass is 16.5. The molecule has 1 fully saturated rings. The van der Waals surface area contributed by atoms with Gasteiger partial charge in [0.1, 0.15) is 0 Å². The van der Waals surface area contributed by atoms with Crippen molar-refractivity contribution in [3.8, 4) is 5.88 Å². The van der Waals surface area contributed by atoms with Gasteiger partial charge in [0.15, 0.2) is 0 Å². The van der Waals surface area contributed by atoms with Gasteiger partial charge >= 0.3 is 0 Å². The van der Waals surface area contributed by atoms with Gasteiger partial charge in [0.25, 0.3) is 0 Å². The van der Waals surface area contributed by atoms with Crippen LogP contribution in [0.15, 0.2) is 12.4 Å². The van der Waals surface area contributed by atoms with Gasteiger partial charge in [-0.05, 0) is 19.8 Å². The summed E-state index contributed by atoms with van der Waals surface area (Å²) < 4.78 is 5.20. The second-order valence-corrected chi connectivity index (χ2v) is 3.43. The van der Waals surface area contributed by atoms with E-state index in [0.29, 0.717) is 18.5 Å². The summed E-state index contributed by atoms with van der Waals surface area (Å²) in [6.07, 6.45) is 6.03. The van der Waals surface area contributed by atoms with E-state index in [1.54, 1.807) is 12.4 Å². The van der Waals surface area contributed by atoms with Crippen molar-refractivity contribution in [2.75, 3.05) is 6.61 Å². The fourth-order valence-corrected chi connectivity index (χ4v) is 1.19. The van der Waals surface area contributed by atoms with Gasteiger partial charge in [-0.1, -0.05) is 0 Å². The first-order chi connectivity index (χ1) is 6.88. The van der Waals surface area contributed by atoms with E-state index >= 15 is 0 Å². The second-order valence-electron chi connectivity index (χ2n) is 3.43. The molecule has 0 atom stereocenters. The van der Waals surface area contributed by atoms with Crippen molar-refractivity contribution >= 4 is 0 Å². The molecule has 1 aromatic rings. The van der Waals surface area contributed by atoms with Gasteiger partial charge in [-0.3, -0.25) is 4.98 Å². The molecule has 1 aromatic heterocycles. The lowest BCUT2D eigenvalue weighted by molar-refractivity contribution is 0.324. The highest BCUT2D eigenvalue weighted by Crippen LogP contribution is 2.18. The fraction of sp³-hybridized carbons (Fsp3) is 0.600. The third kappa shape index (κ3) is 2.67. The number of ether oxygens (including phenoxy) is 1. The molecule has 1 N–H and O–H groups in total. The van der Waals surface area contributed by atoms with E-state index < -0.39 is 0 Å². The Morgan fingerprint density at radius 3 is 2.86 bits per heavy atom. The van der Waals surface area contributed by atoms with Crippen LogP contribution in [0.25, 0.3) is 0 Å². The van der Waals surface area contributed by atoms with Crippen LogP contribution >= 0.6 is 0 Å². The van der Waals surface area contributed by atoms with Crippen molar-refractivity contribution in [2.24, 2.45) is 0 Å². The molecule has 4 nitrogen and oxygen atoms in total. The lowest BCUT2D eigenvalue weighted by Gasteiger charge is -2.03. The minimum Gasteiger partial charge on any atom is -0.477 e. The van der Waals surface area contributed by atoms with E-state index in [1.165, 1.54) is 12.8 Å². The maximum Gasteiger partial charge on any atom is 0.232 e. The fourth-order valence-electron chi connectivity index (χ4n) is 1.19. The zero-order chi connectivity index (χ0) is 9.80. The first kappa shape index (κ1) is 9.40. The van der Waals surface area contributed by atoms with Gasteiger partial charge in [0.05, 0.1) is 24.7 Å². The maximum absolute atomic E-state index is 5.20. The first-order valence-electron chi connectivity index (χ1n) is 5.05. The molecule has 0 aromatic carbocycles. The summed E-state index contributed by atoms with van der Waals surface area (Å²) >= 11 is 0. The van der Waals surface area contributed by atoms with Crippen LogP contribution < -0.4 is 10.1 Å². The highest BCUT2D eigenvalue weighted by molar-refractivity contribution is 5.07. The number of hydrogen-bond acceptors (Lipinski definition) is 4. The monoisotopic (exact) mass is 193 g/mol. The molecule has 0 aliphatic heterocycles. The Hall–Kier alpha value is -1.16. The Bertz CT molecular complexity index is 282. The zero-order valence-electron chi connectivity index (χ0n) is 8.36. The third-order valence-corrected chi connectivity index (χ3v) is 2.12. The Balaban J connectivity index is 1.84. The molecule has 1 aliphatic carbocycles. The van der Waals surface area contributed by atoms with E-state index in [1.807, 2.05) is 6.92 Å². The Labute approximate surface area is 83.7 Å². The van der Waals surface area contributed by atoms with Crippen molar-refractivity contribution in [1.82, 2.24) is 15.3 Å². The summed E-state index contributed by atoms with van der Waals surface area (Å²) in [5, 5.41) is 3.38. The summed E-state index contributed by atoms with van der Waals surface area (Å²) in [4.78, 5) is 8.39. The average Bonchev–Trinajstić information content (AvgIpc) is 3.01. The number of rotatable bonds is 5. The van der Waals surface area contributed by atoms with E-state index in [0.717, 1.165) is 12.2 Å². The second kappa shape index (κ2) is 4.37.